The molecule has 0 radical (unpaired) electrons. The number of hydrogen-bond donors (Lipinski definition) is 1. The molecule has 106 valence electrons. The van der Waals surface area contributed by atoms with Crippen molar-refractivity contribution in [1.82, 2.24) is 0 Å². The van der Waals surface area contributed by atoms with Gasteiger partial charge in [-0.3, -0.25) is 5.32 Å². The second-order valence-corrected chi connectivity index (χ2v) is 4.84. The summed E-state index contributed by atoms with van der Waals surface area (Å²) in [4.78, 5) is 15.5. The molecular formula is C14H8Cl2N2O2S. The Morgan fingerprint density at radius 3 is 2.48 bits per heavy atom. The monoisotopic (exact) mass is 338 g/mol. The van der Waals surface area contributed by atoms with E-state index >= 15 is 0 Å². The first-order chi connectivity index (χ1) is 10.1. The molecule has 0 unspecified atom stereocenters. The van der Waals surface area contributed by atoms with Gasteiger partial charge in [0.15, 0.2) is 0 Å². The number of halogens is 2. The molecule has 2 aromatic carbocycles. The van der Waals surface area contributed by atoms with E-state index in [9.17, 15) is 4.79 Å². The number of nitrogens with one attached hydrogen (secondary N) is 1. The molecule has 4 nitrogen and oxygen atoms in total. The lowest BCUT2D eigenvalue weighted by Crippen LogP contribution is -2.16. The first-order valence-corrected chi connectivity index (χ1v) is 6.87. The zero-order valence-electron chi connectivity index (χ0n) is 10.5. The zero-order valence-corrected chi connectivity index (χ0v) is 12.8. The van der Waals surface area contributed by atoms with Crippen molar-refractivity contribution in [2.45, 2.75) is 0 Å². The van der Waals surface area contributed by atoms with Crippen molar-refractivity contribution in [2.75, 3.05) is 5.32 Å². The van der Waals surface area contributed by atoms with Crippen LogP contribution in [0.4, 0.5) is 16.2 Å². The topological polar surface area (TPSA) is 50.7 Å². The van der Waals surface area contributed by atoms with Crippen molar-refractivity contribution in [2.24, 2.45) is 4.99 Å². The van der Waals surface area contributed by atoms with E-state index in [2.05, 4.69) is 27.7 Å². The molecule has 0 atom stereocenters. The van der Waals surface area contributed by atoms with Gasteiger partial charge in [-0.1, -0.05) is 23.2 Å². The number of aliphatic imine (C=N–C) groups is 1. The van der Waals surface area contributed by atoms with Gasteiger partial charge < -0.3 is 4.74 Å². The molecule has 7 heteroatoms. The predicted molar refractivity (Wildman–Crippen MR) is 87.2 cm³/mol. The maximum absolute atomic E-state index is 11.7. The smallest absolute Gasteiger partial charge is 0.410 e. The minimum Gasteiger partial charge on any atom is -0.410 e. The van der Waals surface area contributed by atoms with Crippen molar-refractivity contribution < 1.29 is 9.53 Å². The lowest BCUT2D eigenvalue weighted by molar-refractivity contribution is 0.215. The summed E-state index contributed by atoms with van der Waals surface area (Å²) in [6.45, 7) is 0. The number of anilines is 1. The second kappa shape index (κ2) is 7.20. The number of thiocarbonyl (C=S) groups is 1. The molecule has 0 saturated carbocycles. The number of benzene rings is 2. The molecule has 1 amide bonds. The third-order valence-corrected chi connectivity index (χ3v) is 3.22. The van der Waals surface area contributed by atoms with Crippen LogP contribution in [0.5, 0.6) is 5.75 Å². The molecule has 2 rings (SSSR count). The van der Waals surface area contributed by atoms with Crippen molar-refractivity contribution in [3.05, 3.63) is 52.5 Å². The molecule has 0 fully saturated rings. The highest BCUT2D eigenvalue weighted by Gasteiger charge is 2.06. The highest BCUT2D eigenvalue weighted by atomic mass is 35.5. The summed E-state index contributed by atoms with van der Waals surface area (Å²) >= 11 is 16.1. The van der Waals surface area contributed by atoms with Crippen LogP contribution in [0.25, 0.3) is 0 Å². The fourth-order valence-electron chi connectivity index (χ4n) is 1.47. The molecule has 0 aliphatic heterocycles. The molecule has 0 aromatic heterocycles. The number of ether oxygens (including phenoxy) is 1. The summed E-state index contributed by atoms with van der Waals surface area (Å²) in [6.07, 6.45) is -0.639. The van der Waals surface area contributed by atoms with Gasteiger partial charge in [0.05, 0.1) is 20.9 Å². The van der Waals surface area contributed by atoms with Gasteiger partial charge in [-0.05, 0) is 54.7 Å². The predicted octanol–water partition coefficient (Wildman–Crippen LogP) is 5.34. The summed E-state index contributed by atoms with van der Waals surface area (Å²) in [5, 5.41) is 5.55. The number of isothiocyanates is 1. The number of rotatable bonds is 3. The lowest BCUT2D eigenvalue weighted by Gasteiger charge is -2.07. The molecule has 0 spiro atoms. The average molecular weight is 339 g/mol. The Labute approximate surface area is 136 Å². The fraction of sp³-hybridized carbons (Fsp3) is 0. The Morgan fingerprint density at radius 2 is 1.86 bits per heavy atom. The quantitative estimate of drug-likeness (QED) is 0.607. The van der Waals surface area contributed by atoms with Gasteiger partial charge in [-0.15, -0.1) is 0 Å². The van der Waals surface area contributed by atoms with Crippen LogP contribution in [0.3, 0.4) is 0 Å². The molecule has 0 heterocycles. The van der Waals surface area contributed by atoms with Crippen LogP contribution in [0.15, 0.2) is 47.5 Å². The van der Waals surface area contributed by atoms with Crippen LogP contribution in [-0.2, 0) is 0 Å². The van der Waals surface area contributed by atoms with Gasteiger partial charge in [0.25, 0.3) is 0 Å². The Hall–Kier alpha value is -1.91. The molecule has 0 aliphatic carbocycles. The van der Waals surface area contributed by atoms with Crippen LogP contribution in [0, 0.1) is 0 Å². The molecule has 1 N–H and O–H groups in total. The third kappa shape index (κ3) is 4.55. The second-order valence-electron chi connectivity index (χ2n) is 3.84. The molecule has 0 bridgehead atoms. The highest BCUT2D eigenvalue weighted by molar-refractivity contribution is 7.78. The van der Waals surface area contributed by atoms with Gasteiger partial charge in [-0.2, -0.15) is 4.99 Å². The van der Waals surface area contributed by atoms with Crippen LogP contribution in [0.2, 0.25) is 10.0 Å². The lowest BCUT2D eigenvalue weighted by atomic mass is 10.3. The number of hydrogen-bond acceptors (Lipinski definition) is 4. The average Bonchev–Trinajstić information content (AvgIpc) is 2.45. The first kappa shape index (κ1) is 15.5. The highest BCUT2D eigenvalue weighted by Crippen LogP contribution is 2.25. The van der Waals surface area contributed by atoms with E-state index in [0.717, 1.165) is 0 Å². The number of carbonyl (C=O) groups is 1. The molecular weight excluding hydrogens is 331 g/mol. The third-order valence-electron chi connectivity index (χ3n) is 2.39. The Bertz CT molecular complexity index is 713. The van der Waals surface area contributed by atoms with Gasteiger partial charge in [-0.25, -0.2) is 4.79 Å². The van der Waals surface area contributed by atoms with Gasteiger partial charge in [0, 0.05) is 5.69 Å². The summed E-state index contributed by atoms with van der Waals surface area (Å²) in [6, 6.07) is 11.2. The van der Waals surface area contributed by atoms with E-state index in [4.69, 9.17) is 27.9 Å². The fourth-order valence-corrected chi connectivity index (χ4v) is 1.87. The summed E-state index contributed by atoms with van der Waals surface area (Å²) in [5.74, 6) is 0.371. The number of carbonyl (C=O) groups excluding carboxylic acids is 1. The van der Waals surface area contributed by atoms with Gasteiger partial charge in [0.1, 0.15) is 5.75 Å². The number of nitrogens with zero attached hydrogens (tertiary/aromatic N) is 1. The molecule has 0 aliphatic rings. The van der Waals surface area contributed by atoms with E-state index in [-0.39, 0.29) is 0 Å². The first-order valence-electron chi connectivity index (χ1n) is 5.70. The SMILES string of the molecule is O=C(Nc1ccc(Cl)c(Cl)c1)Oc1ccc(N=C=S)cc1. The van der Waals surface area contributed by atoms with E-state index < -0.39 is 6.09 Å². The Kier molecular flexibility index (Phi) is 5.31. The summed E-state index contributed by atoms with van der Waals surface area (Å²) in [7, 11) is 0. The van der Waals surface area contributed by atoms with Crippen LogP contribution >= 0.6 is 35.4 Å². The maximum atomic E-state index is 11.7. The number of amides is 1. The van der Waals surface area contributed by atoms with Crippen molar-refractivity contribution >= 4 is 58.0 Å². The summed E-state index contributed by atoms with van der Waals surface area (Å²) < 4.78 is 5.11. The van der Waals surface area contributed by atoms with Gasteiger partial charge in [0.2, 0.25) is 0 Å². The Balaban J connectivity index is 2.00. The normalized spacial score (nSPS) is 9.62. The summed E-state index contributed by atoms with van der Waals surface area (Å²) in [5.41, 5.74) is 1.11. The van der Waals surface area contributed by atoms with Crippen LogP contribution in [-0.4, -0.2) is 11.3 Å². The van der Waals surface area contributed by atoms with E-state index in [0.29, 0.717) is 27.2 Å². The van der Waals surface area contributed by atoms with E-state index in [1.807, 2.05) is 0 Å². The largest absolute Gasteiger partial charge is 0.417 e. The van der Waals surface area contributed by atoms with Crippen molar-refractivity contribution in [1.29, 1.82) is 0 Å². The molecule has 21 heavy (non-hydrogen) atoms. The minimum absolute atomic E-state index is 0.344. The minimum atomic E-state index is -0.639. The van der Waals surface area contributed by atoms with Crippen molar-refractivity contribution in [3.63, 3.8) is 0 Å². The van der Waals surface area contributed by atoms with E-state index in [1.165, 1.54) is 6.07 Å². The molecule has 2 aromatic rings. The maximum Gasteiger partial charge on any atom is 0.417 e. The molecule has 0 saturated heterocycles. The van der Waals surface area contributed by atoms with E-state index in [1.54, 1.807) is 36.4 Å². The zero-order chi connectivity index (χ0) is 15.2. The van der Waals surface area contributed by atoms with Gasteiger partial charge >= 0.3 is 6.09 Å². The van der Waals surface area contributed by atoms with Crippen LogP contribution < -0.4 is 10.1 Å². The Morgan fingerprint density at radius 1 is 1.14 bits per heavy atom. The van der Waals surface area contributed by atoms with Crippen LogP contribution in [0.1, 0.15) is 0 Å². The standard InChI is InChI=1S/C14H8Cl2N2O2S/c15-12-6-3-10(7-13(12)16)18-14(19)20-11-4-1-9(2-5-11)17-8-21/h1-7H,(H,18,19). The van der Waals surface area contributed by atoms with Crippen molar-refractivity contribution in [3.8, 4) is 5.75 Å².